The molecule has 27 heavy (non-hydrogen) atoms. The van der Waals surface area contributed by atoms with Gasteiger partial charge in [-0.25, -0.2) is 9.37 Å². The third kappa shape index (κ3) is 4.20. The molecule has 0 spiro atoms. The third-order valence-corrected chi connectivity index (χ3v) is 4.94. The van der Waals surface area contributed by atoms with E-state index in [2.05, 4.69) is 15.6 Å². The van der Waals surface area contributed by atoms with E-state index >= 15 is 0 Å². The van der Waals surface area contributed by atoms with E-state index in [1.54, 1.807) is 41.8 Å². The first-order chi connectivity index (χ1) is 13.1. The van der Waals surface area contributed by atoms with Crippen LogP contribution in [0.4, 0.5) is 15.2 Å². The number of hydrogen-bond donors (Lipinski definition) is 2. The number of aromatic nitrogens is 1. The van der Waals surface area contributed by atoms with Crippen LogP contribution in [-0.2, 0) is 4.79 Å². The average Bonchev–Trinajstić information content (AvgIpc) is 3.42. The summed E-state index contributed by atoms with van der Waals surface area (Å²) in [5.41, 5.74) is 2.27. The summed E-state index contributed by atoms with van der Waals surface area (Å²) in [5, 5.41) is 7.75. The molecule has 2 amide bonds. The van der Waals surface area contributed by atoms with Crippen molar-refractivity contribution in [3.8, 4) is 11.3 Å². The van der Waals surface area contributed by atoms with Crippen molar-refractivity contribution in [3.05, 3.63) is 65.3 Å². The molecular weight excluding hydrogens is 365 g/mol. The van der Waals surface area contributed by atoms with Crippen LogP contribution in [0.5, 0.6) is 0 Å². The molecule has 1 heterocycles. The predicted molar refractivity (Wildman–Crippen MR) is 103 cm³/mol. The van der Waals surface area contributed by atoms with E-state index in [-0.39, 0.29) is 23.5 Å². The number of nitrogens with zero attached hydrogens (tertiary/aromatic N) is 1. The number of anilines is 2. The highest BCUT2D eigenvalue weighted by molar-refractivity contribution is 7.14. The van der Waals surface area contributed by atoms with E-state index in [1.165, 1.54) is 23.5 Å². The van der Waals surface area contributed by atoms with E-state index in [9.17, 15) is 14.0 Å². The van der Waals surface area contributed by atoms with Gasteiger partial charge >= 0.3 is 0 Å². The van der Waals surface area contributed by atoms with Crippen LogP contribution < -0.4 is 10.6 Å². The average molecular weight is 381 g/mol. The van der Waals surface area contributed by atoms with E-state index in [0.717, 1.165) is 12.8 Å². The molecule has 0 unspecified atom stereocenters. The van der Waals surface area contributed by atoms with E-state index < -0.39 is 0 Å². The van der Waals surface area contributed by atoms with Gasteiger partial charge in [0.15, 0.2) is 5.13 Å². The largest absolute Gasteiger partial charge is 0.326 e. The summed E-state index contributed by atoms with van der Waals surface area (Å²) in [6, 6.07) is 12.9. The minimum absolute atomic E-state index is 0.00721. The molecule has 0 aliphatic heterocycles. The highest BCUT2D eigenvalue weighted by Crippen LogP contribution is 2.30. The Morgan fingerprint density at radius 1 is 1.07 bits per heavy atom. The summed E-state index contributed by atoms with van der Waals surface area (Å²) in [6.07, 6.45) is 1.84. The zero-order chi connectivity index (χ0) is 18.8. The van der Waals surface area contributed by atoms with E-state index in [4.69, 9.17) is 0 Å². The second-order valence-corrected chi connectivity index (χ2v) is 7.20. The van der Waals surface area contributed by atoms with Crippen LogP contribution in [0.3, 0.4) is 0 Å². The highest BCUT2D eigenvalue weighted by atomic mass is 32.1. The minimum atomic E-state index is -0.337. The molecule has 1 aliphatic carbocycles. The maximum Gasteiger partial charge on any atom is 0.257 e. The second kappa shape index (κ2) is 7.28. The van der Waals surface area contributed by atoms with Gasteiger partial charge in [-0.05, 0) is 43.2 Å². The zero-order valence-corrected chi connectivity index (χ0v) is 15.1. The van der Waals surface area contributed by atoms with Gasteiger partial charge in [0.05, 0.1) is 5.69 Å². The molecule has 5 nitrogen and oxygen atoms in total. The molecule has 7 heteroatoms. The van der Waals surface area contributed by atoms with Crippen molar-refractivity contribution >= 4 is 34.0 Å². The molecule has 0 atom stereocenters. The van der Waals surface area contributed by atoms with E-state index in [1.807, 2.05) is 0 Å². The Morgan fingerprint density at radius 2 is 1.89 bits per heavy atom. The van der Waals surface area contributed by atoms with Gasteiger partial charge in [-0.3, -0.25) is 14.9 Å². The molecule has 2 aromatic carbocycles. The SMILES string of the molecule is O=C(Nc1nc(-c2cccc(F)c2)cs1)c1cccc(NC(=O)C2CC2)c1. The molecule has 1 saturated carbocycles. The molecule has 3 aromatic rings. The summed E-state index contributed by atoms with van der Waals surface area (Å²) >= 11 is 1.27. The lowest BCUT2D eigenvalue weighted by atomic mass is 10.2. The topological polar surface area (TPSA) is 71.1 Å². The summed E-state index contributed by atoms with van der Waals surface area (Å²) < 4.78 is 13.3. The van der Waals surface area contributed by atoms with Crippen LogP contribution in [0.2, 0.25) is 0 Å². The number of rotatable bonds is 5. The molecule has 136 valence electrons. The van der Waals surface area contributed by atoms with Crippen molar-refractivity contribution in [1.82, 2.24) is 4.98 Å². The van der Waals surface area contributed by atoms with Crippen molar-refractivity contribution in [2.75, 3.05) is 10.6 Å². The lowest BCUT2D eigenvalue weighted by Crippen LogP contribution is -2.15. The Labute approximate surface area is 159 Å². The van der Waals surface area contributed by atoms with E-state index in [0.29, 0.717) is 27.6 Å². The van der Waals surface area contributed by atoms with Crippen molar-refractivity contribution in [2.45, 2.75) is 12.8 Å². The van der Waals surface area contributed by atoms with Gasteiger partial charge in [0.1, 0.15) is 5.82 Å². The summed E-state index contributed by atoms with van der Waals surface area (Å²) in [4.78, 5) is 28.7. The normalized spacial score (nSPS) is 13.2. The Bertz CT molecular complexity index is 1010. The van der Waals surface area contributed by atoms with Crippen molar-refractivity contribution in [3.63, 3.8) is 0 Å². The highest BCUT2D eigenvalue weighted by Gasteiger charge is 2.29. The number of nitrogens with one attached hydrogen (secondary N) is 2. The molecule has 1 fully saturated rings. The van der Waals surface area contributed by atoms with Crippen LogP contribution in [-0.4, -0.2) is 16.8 Å². The summed E-state index contributed by atoms with van der Waals surface area (Å²) in [6.45, 7) is 0. The van der Waals surface area contributed by atoms with Crippen LogP contribution in [0.1, 0.15) is 23.2 Å². The lowest BCUT2D eigenvalue weighted by Gasteiger charge is -2.07. The fourth-order valence-corrected chi connectivity index (χ4v) is 3.32. The molecule has 4 rings (SSSR count). The molecule has 1 aromatic heterocycles. The van der Waals surface area contributed by atoms with Gasteiger partial charge in [-0.2, -0.15) is 0 Å². The van der Waals surface area contributed by atoms with Crippen molar-refractivity contribution < 1.29 is 14.0 Å². The first kappa shape index (κ1) is 17.4. The van der Waals surface area contributed by atoms with Gasteiger partial charge in [0.2, 0.25) is 5.91 Å². The smallest absolute Gasteiger partial charge is 0.257 e. The standard InChI is InChI=1S/C20H16FN3O2S/c21-15-5-1-3-13(9-15)17-11-27-20(23-17)24-19(26)14-4-2-6-16(10-14)22-18(25)12-7-8-12/h1-6,9-12H,7-8H2,(H,22,25)(H,23,24,26). The Morgan fingerprint density at radius 3 is 2.67 bits per heavy atom. The van der Waals surface area contributed by atoms with Gasteiger partial charge in [0.25, 0.3) is 5.91 Å². The number of benzene rings is 2. The monoisotopic (exact) mass is 381 g/mol. The van der Waals surface area contributed by atoms with Gasteiger partial charge in [-0.15, -0.1) is 11.3 Å². The Balaban J connectivity index is 1.45. The van der Waals surface area contributed by atoms with Gasteiger partial charge < -0.3 is 5.32 Å². The Hall–Kier alpha value is -3.06. The van der Waals surface area contributed by atoms with Crippen molar-refractivity contribution in [1.29, 1.82) is 0 Å². The van der Waals surface area contributed by atoms with Crippen LogP contribution in [0, 0.1) is 11.7 Å². The maximum absolute atomic E-state index is 13.3. The number of halogens is 1. The fraction of sp³-hybridized carbons (Fsp3) is 0.150. The number of hydrogen-bond acceptors (Lipinski definition) is 4. The van der Waals surface area contributed by atoms with Gasteiger partial charge in [0, 0.05) is 28.1 Å². The zero-order valence-electron chi connectivity index (χ0n) is 14.2. The Kier molecular flexibility index (Phi) is 4.68. The summed E-state index contributed by atoms with van der Waals surface area (Å²) in [5.74, 6) is -0.569. The quantitative estimate of drug-likeness (QED) is 0.681. The minimum Gasteiger partial charge on any atom is -0.326 e. The maximum atomic E-state index is 13.3. The molecule has 0 bridgehead atoms. The predicted octanol–water partition coefficient (Wildman–Crippen LogP) is 4.55. The van der Waals surface area contributed by atoms with Crippen LogP contribution >= 0.6 is 11.3 Å². The molecule has 1 aliphatic rings. The third-order valence-electron chi connectivity index (χ3n) is 4.19. The van der Waals surface area contributed by atoms with Crippen molar-refractivity contribution in [2.24, 2.45) is 5.92 Å². The number of carbonyl (C=O) groups excluding carboxylic acids is 2. The fourth-order valence-electron chi connectivity index (χ4n) is 2.61. The van der Waals surface area contributed by atoms with Crippen LogP contribution in [0.25, 0.3) is 11.3 Å². The lowest BCUT2D eigenvalue weighted by molar-refractivity contribution is -0.117. The number of carbonyl (C=O) groups is 2. The first-order valence-corrected chi connectivity index (χ1v) is 9.40. The number of thiazole rings is 1. The molecule has 0 saturated heterocycles. The first-order valence-electron chi connectivity index (χ1n) is 8.52. The number of amides is 2. The molecular formula is C20H16FN3O2S. The second-order valence-electron chi connectivity index (χ2n) is 6.35. The summed E-state index contributed by atoms with van der Waals surface area (Å²) in [7, 11) is 0. The molecule has 0 radical (unpaired) electrons. The molecule has 2 N–H and O–H groups in total. The van der Waals surface area contributed by atoms with Gasteiger partial charge in [-0.1, -0.05) is 18.2 Å². The van der Waals surface area contributed by atoms with Crippen LogP contribution in [0.15, 0.2) is 53.9 Å².